The molecule has 4 heterocycles. The molecule has 0 spiro atoms. The summed E-state index contributed by atoms with van der Waals surface area (Å²) in [5.41, 5.74) is 2.46. The van der Waals surface area contributed by atoms with Gasteiger partial charge in [0.2, 0.25) is 47.3 Å². The number of carbonyl (C=O) groups excluding carboxylic acids is 9. The second-order valence-electron chi connectivity index (χ2n) is 23.3. The van der Waals surface area contributed by atoms with E-state index in [0.29, 0.717) is 69.9 Å². The molecule has 4 saturated heterocycles. The number of amides is 8. The molecule has 21 nitrogen and oxygen atoms in total. The van der Waals surface area contributed by atoms with Gasteiger partial charge < -0.3 is 62.2 Å². The number of likely N-dealkylation sites (N-methyl/N-ethyl adjacent to an activating group) is 2. The highest BCUT2D eigenvalue weighted by atomic mass is 16.5. The van der Waals surface area contributed by atoms with Crippen LogP contribution < -0.4 is 42.5 Å². The fourth-order valence-electron chi connectivity index (χ4n) is 12.4. The first kappa shape index (κ1) is 65.5. The van der Waals surface area contributed by atoms with E-state index in [4.69, 9.17) is 4.74 Å². The normalized spacial score (nSPS) is 23.1. The summed E-state index contributed by atoms with van der Waals surface area (Å²) in [4.78, 5) is 126. The molecule has 0 aromatic heterocycles. The monoisotopic (exact) mass is 1170 g/mol. The van der Waals surface area contributed by atoms with E-state index in [1.54, 1.807) is 49.9 Å². The van der Waals surface area contributed by atoms with Gasteiger partial charge in [-0.05, 0) is 109 Å². The SMILES string of the molecule is CN[C@@H](C)C(=O)N[C@@H]1C(=O)N2[C@@H](CC[C@@H]1CNC(=O)COCC(=O)NCCCCCCCCCC(=O)[C@@H](NC(=O)[C@@H]1CC[C@@H]3CC[C@H](CO)[C@H](NC(=O)[C@H](C)NC)C(=O)N31)c1ccccc1)CC[C@H]2C(=O)NC(c1ccccc1)c1ccccc1. The number of rotatable bonds is 31. The van der Waals surface area contributed by atoms with Crippen molar-refractivity contribution in [3.8, 4) is 0 Å². The van der Waals surface area contributed by atoms with E-state index >= 15 is 0 Å². The topological polar surface area (TPSA) is 286 Å². The van der Waals surface area contributed by atoms with Gasteiger partial charge in [-0.1, -0.05) is 123 Å². The number of ether oxygens (including phenoxy) is 1. The van der Waals surface area contributed by atoms with E-state index < -0.39 is 77.9 Å². The van der Waals surface area contributed by atoms with Gasteiger partial charge in [-0.2, -0.15) is 0 Å². The number of ketones is 1. The van der Waals surface area contributed by atoms with Crippen LogP contribution in [0.1, 0.15) is 145 Å². The molecule has 4 aliphatic heterocycles. The minimum absolute atomic E-state index is 0.0648. The van der Waals surface area contributed by atoms with E-state index in [1.165, 1.54) is 0 Å². The van der Waals surface area contributed by atoms with Crippen LogP contribution in [0, 0.1) is 11.8 Å². The maximum absolute atomic E-state index is 14.6. The van der Waals surface area contributed by atoms with Crippen molar-refractivity contribution >= 4 is 53.0 Å². The largest absolute Gasteiger partial charge is 0.396 e. The second kappa shape index (κ2) is 33.0. The first-order valence-corrected chi connectivity index (χ1v) is 30.7. The molecule has 11 atom stereocenters. The summed E-state index contributed by atoms with van der Waals surface area (Å²) in [7, 11) is 3.29. The lowest BCUT2D eigenvalue weighted by molar-refractivity contribution is -0.144. The van der Waals surface area contributed by atoms with Crippen LogP contribution in [0.3, 0.4) is 0 Å². The lowest BCUT2D eigenvalue weighted by Crippen LogP contribution is -2.59. The summed E-state index contributed by atoms with van der Waals surface area (Å²) in [6.45, 7) is 2.89. The van der Waals surface area contributed by atoms with Gasteiger partial charge in [0.1, 0.15) is 43.4 Å². The van der Waals surface area contributed by atoms with Gasteiger partial charge in [-0.25, -0.2) is 0 Å². The quantitative estimate of drug-likeness (QED) is 0.0419. The highest BCUT2D eigenvalue weighted by Crippen LogP contribution is 2.37. The Bertz CT molecular complexity index is 2670. The molecule has 3 aromatic rings. The first-order valence-electron chi connectivity index (χ1n) is 30.7. The number of nitrogens with zero attached hydrogens (tertiary/aromatic N) is 2. The Morgan fingerprint density at radius 1 is 0.541 bits per heavy atom. The van der Waals surface area contributed by atoms with Gasteiger partial charge in [-0.15, -0.1) is 0 Å². The van der Waals surface area contributed by atoms with Crippen LogP contribution in [0.25, 0.3) is 0 Å². The summed E-state index contributed by atoms with van der Waals surface area (Å²) in [5, 5.41) is 33.7. The van der Waals surface area contributed by atoms with Gasteiger partial charge in [0.05, 0.1) is 18.1 Å². The molecule has 8 amide bonds. The highest BCUT2D eigenvalue weighted by molar-refractivity contribution is 5.97. The van der Waals surface area contributed by atoms with Gasteiger partial charge in [0.15, 0.2) is 5.78 Å². The smallest absolute Gasteiger partial charge is 0.246 e. The van der Waals surface area contributed by atoms with Crippen molar-refractivity contribution in [2.24, 2.45) is 11.8 Å². The van der Waals surface area contributed by atoms with E-state index in [2.05, 4.69) is 42.5 Å². The third kappa shape index (κ3) is 18.0. The Labute approximate surface area is 500 Å². The van der Waals surface area contributed by atoms with Gasteiger partial charge >= 0.3 is 0 Å². The van der Waals surface area contributed by atoms with E-state index in [9.17, 15) is 48.3 Å². The Kier molecular flexibility index (Phi) is 25.4. The molecule has 0 radical (unpaired) electrons. The molecule has 0 bridgehead atoms. The number of nitrogens with one attached hydrogen (secondary N) is 8. The van der Waals surface area contributed by atoms with E-state index in [-0.39, 0.29) is 80.2 Å². The zero-order valence-corrected chi connectivity index (χ0v) is 49.9. The molecule has 9 N–H and O–H groups in total. The fraction of sp³-hybridized carbons (Fsp3) is 0.578. The van der Waals surface area contributed by atoms with Crippen molar-refractivity contribution < 1.29 is 53.0 Å². The standard InChI is InChI=1S/C64H90N10O11/c1-41(65-3)59(79)71-57-46(28-30-48-32-34-50(73(48)63(57)83)61(81)69-55(43-21-13-10-14-22-43)44-23-15-11-16-24-44)37-68-54(78)40-85-39-53(77)67-36-20-9-7-5-6-8-19-27-52(76)56(45-25-17-12-18-26-45)70-62(82)51-35-33-49-31-29-47(38-75)58(64(84)74(49)51)72-60(80)42(2)66-4/h10-18,21-26,41-42,46-51,55-58,65-66,75H,5-9,19-20,27-40H2,1-4H3,(H,67,77)(H,68,78)(H,69,81)(H,70,82)(H,71,79)(H,72,80)/t41-,42-,46+,47+,48-,49-,50-,51-,56-,57-,58-/m0/s1. The molecule has 462 valence electrons. The Morgan fingerprint density at radius 2 is 0.976 bits per heavy atom. The third-order valence-corrected chi connectivity index (χ3v) is 17.6. The van der Waals surface area contributed by atoms with Gasteiger partial charge in [0.25, 0.3) is 0 Å². The molecular formula is C64H90N10O11. The zero-order chi connectivity index (χ0) is 60.8. The summed E-state index contributed by atoms with van der Waals surface area (Å²) < 4.78 is 5.46. The predicted octanol–water partition coefficient (Wildman–Crippen LogP) is 3.41. The van der Waals surface area contributed by atoms with Crippen LogP contribution in [-0.4, -0.2) is 163 Å². The number of unbranched alkanes of at least 4 members (excludes halogenated alkanes) is 6. The molecule has 3 aromatic carbocycles. The average Bonchev–Trinajstić information content (AvgIpc) is 2.56. The van der Waals surface area contributed by atoms with Crippen LogP contribution in [0.15, 0.2) is 91.0 Å². The molecule has 4 aliphatic rings. The number of benzene rings is 3. The van der Waals surface area contributed by atoms with E-state index in [1.807, 2.05) is 78.9 Å². The number of carbonyl (C=O) groups is 9. The number of aliphatic hydroxyl groups excluding tert-OH is 1. The molecule has 0 saturated carbocycles. The Hall–Kier alpha value is -7.07. The van der Waals surface area contributed by atoms with Crippen LogP contribution >= 0.6 is 0 Å². The van der Waals surface area contributed by atoms with Crippen LogP contribution in [0.4, 0.5) is 0 Å². The molecule has 85 heavy (non-hydrogen) atoms. The van der Waals surface area contributed by atoms with Crippen molar-refractivity contribution in [2.75, 3.05) is 47.0 Å². The maximum atomic E-state index is 14.6. The first-order chi connectivity index (χ1) is 41.1. The average molecular weight is 1180 g/mol. The minimum Gasteiger partial charge on any atom is -0.396 e. The summed E-state index contributed by atoms with van der Waals surface area (Å²) >= 11 is 0. The molecule has 0 aliphatic carbocycles. The van der Waals surface area contributed by atoms with Gasteiger partial charge in [0, 0.05) is 50.0 Å². The third-order valence-electron chi connectivity index (χ3n) is 17.6. The summed E-state index contributed by atoms with van der Waals surface area (Å²) in [6, 6.07) is 21.9. The predicted molar refractivity (Wildman–Crippen MR) is 320 cm³/mol. The van der Waals surface area contributed by atoms with Crippen molar-refractivity contribution in [3.63, 3.8) is 0 Å². The fourth-order valence-corrected chi connectivity index (χ4v) is 12.4. The molecule has 4 fully saturated rings. The lowest BCUT2D eigenvalue weighted by Gasteiger charge is -2.33. The van der Waals surface area contributed by atoms with Gasteiger partial charge in [-0.3, -0.25) is 43.2 Å². The van der Waals surface area contributed by atoms with Crippen molar-refractivity contribution in [2.45, 2.75) is 177 Å². The number of Topliss-reactive ketones (excluding diaryl/α,β-unsaturated/α-hetero) is 1. The Balaban J connectivity index is 0.791. The minimum atomic E-state index is -1.01. The zero-order valence-electron chi connectivity index (χ0n) is 49.9. The summed E-state index contributed by atoms with van der Waals surface area (Å²) in [6.07, 6.45) is 10.4. The van der Waals surface area contributed by atoms with Crippen LogP contribution in [0.5, 0.6) is 0 Å². The molecule has 0 unspecified atom stereocenters. The molecule has 7 rings (SSSR count). The van der Waals surface area contributed by atoms with Crippen LogP contribution in [-0.2, 0) is 47.9 Å². The number of hydrogen-bond acceptors (Lipinski definition) is 13. The van der Waals surface area contributed by atoms with Crippen molar-refractivity contribution in [1.82, 2.24) is 52.3 Å². The van der Waals surface area contributed by atoms with Crippen LogP contribution in [0.2, 0.25) is 0 Å². The second-order valence-corrected chi connectivity index (χ2v) is 23.3. The molecular weight excluding hydrogens is 1080 g/mol. The molecule has 21 heteroatoms. The summed E-state index contributed by atoms with van der Waals surface area (Å²) in [5.74, 6) is -4.13. The Morgan fingerprint density at radius 3 is 1.48 bits per heavy atom. The lowest BCUT2D eigenvalue weighted by atomic mass is 9.92. The van der Waals surface area contributed by atoms with Crippen molar-refractivity contribution in [3.05, 3.63) is 108 Å². The van der Waals surface area contributed by atoms with Crippen molar-refractivity contribution in [1.29, 1.82) is 0 Å². The van der Waals surface area contributed by atoms with E-state index in [0.717, 1.165) is 49.7 Å². The highest BCUT2D eigenvalue weighted by Gasteiger charge is 2.50. The maximum Gasteiger partial charge on any atom is 0.246 e. The number of hydrogen-bond donors (Lipinski definition) is 9. The number of fused-ring (bicyclic) bond motifs is 2. The number of aliphatic hydroxyl groups is 1.